The van der Waals surface area contributed by atoms with Crippen LogP contribution in [0, 0.1) is 0 Å². The summed E-state index contributed by atoms with van der Waals surface area (Å²) < 4.78 is 10.6. The van der Waals surface area contributed by atoms with Crippen LogP contribution in [0.15, 0.2) is 6.07 Å². The summed E-state index contributed by atoms with van der Waals surface area (Å²) in [5.41, 5.74) is 6.94. The highest BCUT2D eigenvalue weighted by Gasteiger charge is 2.24. The normalized spacial score (nSPS) is 14.9. The highest BCUT2D eigenvalue weighted by Crippen LogP contribution is 2.42. The lowest BCUT2D eigenvalue weighted by Gasteiger charge is -2.11. The number of carbonyl (C=O) groups is 1. The van der Waals surface area contributed by atoms with Crippen molar-refractivity contribution < 1.29 is 14.3 Å². The van der Waals surface area contributed by atoms with E-state index in [1.165, 1.54) is 0 Å². The average Bonchev–Trinajstić information content (AvgIpc) is 2.70. The predicted octanol–water partition coefficient (Wildman–Crippen LogP) is 1.77. The Morgan fingerprint density at radius 3 is 2.88 bits per heavy atom. The van der Waals surface area contributed by atoms with Crippen molar-refractivity contribution in [3.8, 4) is 11.5 Å². The summed E-state index contributed by atoms with van der Waals surface area (Å²) in [6.45, 7) is 1.99. The van der Waals surface area contributed by atoms with Crippen molar-refractivity contribution in [2.45, 2.75) is 19.4 Å². The lowest BCUT2D eigenvalue weighted by Crippen LogP contribution is -2.18. The number of hydrogen-bond acceptors (Lipinski definition) is 4. The molecule has 0 saturated heterocycles. The van der Waals surface area contributed by atoms with Crippen molar-refractivity contribution in [1.82, 2.24) is 0 Å². The molecule has 1 atom stereocenters. The summed E-state index contributed by atoms with van der Waals surface area (Å²) in [5.74, 6) is 1.02. The van der Waals surface area contributed by atoms with Crippen molar-refractivity contribution in [1.29, 1.82) is 0 Å². The van der Waals surface area contributed by atoms with Gasteiger partial charge in [0.05, 0.1) is 5.56 Å². The Morgan fingerprint density at radius 2 is 2.25 bits per heavy atom. The smallest absolute Gasteiger partial charge is 0.231 e. The maximum absolute atomic E-state index is 10.8. The molecule has 2 N–H and O–H groups in total. The molecule has 2 rings (SSSR count). The van der Waals surface area contributed by atoms with Gasteiger partial charge in [0.2, 0.25) is 6.79 Å². The van der Waals surface area contributed by atoms with Crippen LogP contribution in [0.25, 0.3) is 0 Å². The summed E-state index contributed by atoms with van der Waals surface area (Å²) in [5, 5.41) is 0.489. The summed E-state index contributed by atoms with van der Waals surface area (Å²) in [4.78, 5) is 10.8. The number of aldehydes is 1. The third-order valence-electron chi connectivity index (χ3n) is 2.37. The number of hydrogen-bond donors (Lipinski definition) is 1. The average molecular weight is 242 g/mol. The van der Waals surface area contributed by atoms with Crippen LogP contribution in [-0.4, -0.2) is 19.1 Å². The van der Waals surface area contributed by atoms with E-state index in [1.54, 1.807) is 6.07 Å². The van der Waals surface area contributed by atoms with Crippen molar-refractivity contribution in [2.75, 3.05) is 6.79 Å². The second kappa shape index (κ2) is 4.31. The van der Waals surface area contributed by atoms with E-state index in [0.29, 0.717) is 34.8 Å². The first-order valence-corrected chi connectivity index (χ1v) is 5.33. The van der Waals surface area contributed by atoms with Crippen LogP contribution in [0.2, 0.25) is 5.02 Å². The van der Waals surface area contributed by atoms with E-state index in [-0.39, 0.29) is 12.8 Å². The molecule has 0 fully saturated rings. The molecule has 0 amide bonds. The third-order valence-corrected chi connectivity index (χ3v) is 2.71. The van der Waals surface area contributed by atoms with E-state index in [4.69, 9.17) is 26.8 Å². The van der Waals surface area contributed by atoms with Crippen molar-refractivity contribution in [3.05, 3.63) is 22.2 Å². The Hall–Kier alpha value is -1.26. The predicted molar refractivity (Wildman–Crippen MR) is 60.3 cm³/mol. The fraction of sp³-hybridized carbons (Fsp3) is 0.364. The zero-order valence-electron chi connectivity index (χ0n) is 8.83. The quantitative estimate of drug-likeness (QED) is 0.820. The molecule has 1 unspecified atom stereocenters. The maximum atomic E-state index is 10.8. The molecular weight excluding hydrogens is 230 g/mol. The molecule has 0 radical (unpaired) electrons. The summed E-state index contributed by atoms with van der Waals surface area (Å²) >= 11 is 6.09. The first-order valence-electron chi connectivity index (χ1n) is 4.95. The molecule has 86 valence electrons. The van der Waals surface area contributed by atoms with Crippen LogP contribution >= 0.6 is 11.6 Å². The minimum atomic E-state index is -0.0344. The Kier molecular flexibility index (Phi) is 3.03. The van der Waals surface area contributed by atoms with E-state index in [0.717, 1.165) is 5.56 Å². The molecule has 5 heteroatoms. The van der Waals surface area contributed by atoms with E-state index in [2.05, 4.69) is 0 Å². The topological polar surface area (TPSA) is 61.6 Å². The molecule has 1 aliphatic heterocycles. The fourth-order valence-electron chi connectivity index (χ4n) is 1.71. The molecule has 1 heterocycles. The van der Waals surface area contributed by atoms with Crippen molar-refractivity contribution in [2.24, 2.45) is 5.73 Å². The first kappa shape index (κ1) is 11.2. The number of rotatable bonds is 3. The Bertz CT molecular complexity index is 432. The highest BCUT2D eigenvalue weighted by atomic mass is 35.5. The molecule has 1 aromatic carbocycles. The molecule has 0 spiro atoms. The number of fused-ring (bicyclic) bond motifs is 1. The Labute approximate surface area is 98.3 Å². The maximum Gasteiger partial charge on any atom is 0.231 e. The third kappa shape index (κ3) is 1.86. The van der Waals surface area contributed by atoms with Gasteiger partial charge in [-0.1, -0.05) is 11.6 Å². The standard InChI is InChI=1S/C11H12ClNO3/c1-6(13)2-8-9(12)3-7(4-14)10-11(8)16-5-15-10/h3-4,6H,2,5,13H2,1H3. The van der Waals surface area contributed by atoms with Gasteiger partial charge in [-0.05, 0) is 19.4 Å². The summed E-state index contributed by atoms with van der Waals surface area (Å²) in [6, 6.07) is 1.55. The molecule has 4 nitrogen and oxygen atoms in total. The summed E-state index contributed by atoms with van der Waals surface area (Å²) in [7, 11) is 0. The highest BCUT2D eigenvalue weighted by molar-refractivity contribution is 6.32. The molecule has 0 aromatic heterocycles. The number of carbonyl (C=O) groups excluding carboxylic acids is 1. The second-order valence-corrected chi connectivity index (χ2v) is 4.20. The van der Waals surface area contributed by atoms with Crippen molar-refractivity contribution in [3.63, 3.8) is 0 Å². The number of halogens is 1. The van der Waals surface area contributed by atoms with Crippen LogP contribution in [0.5, 0.6) is 11.5 Å². The zero-order chi connectivity index (χ0) is 11.7. The van der Waals surface area contributed by atoms with Gasteiger partial charge in [-0.25, -0.2) is 0 Å². The number of nitrogens with two attached hydrogens (primary N) is 1. The van der Waals surface area contributed by atoms with Crippen molar-refractivity contribution >= 4 is 17.9 Å². The second-order valence-electron chi connectivity index (χ2n) is 3.79. The lowest BCUT2D eigenvalue weighted by molar-refractivity contribution is 0.111. The molecule has 0 saturated carbocycles. The number of ether oxygens (including phenoxy) is 2. The van der Waals surface area contributed by atoms with Gasteiger partial charge >= 0.3 is 0 Å². The van der Waals surface area contributed by atoms with E-state index >= 15 is 0 Å². The van der Waals surface area contributed by atoms with E-state index < -0.39 is 0 Å². The molecule has 16 heavy (non-hydrogen) atoms. The van der Waals surface area contributed by atoms with Gasteiger partial charge in [0, 0.05) is 16.6 Å². The van der Waals surface area contributed by atoms with Gasteiger partial charge in [-0.15, -0.1) is 0 Å². The molecule has 1 aliphatic rings. The number of benzene rings is 1. The monoisotopic (exact) mass is 241 g/mol. The lowest BCUT2D eigenvalue weighted by atomic mass is 10.0. The van der Waals surface area contributed by atoms with Gasteiger partial charge in [0.1, 0.15) is 0 Å². The van der Waals surface area contributed by atoms with Crippen LogP contribution < -0.4 is 15.2 Å². The zero-order valence-corrected chi connectivity index (χ0v) is 9.58. The SMILES string of the molecule is CC(N)Cc1c(Cl)cc(C=O)c2c1OCO2. The van der Waals surface area contributed by atoms with Gasteiger partial charge < -0.3 is 15.2 Å². The molecule has 0 bridgehead atoms. The van der Waals surface area contributed by atoms with Gasteiger partial charge in [0.25, 0.3) is 0 Å². The fourth-order valence-corrected chi connectivity index (χ4v) is 1.99. The molecular formula is C11H12ClNO3. The van der Waals surface area contributed by atoms with Gasteiger partial charge in [-0.2, -0.15) is 0 Å². The Balaban J connectivity index is 2.53. The summed E-state index contributed by atoms with van der Waals surface area (Å²) in [6.07, 6.45) is 1.29. The van der Waals surface area contributed by atoms with Crippen LogP contribution in [0.3, 0.4) is 0 Å². The van der Waals surface area contributed by atoms with Crippen LogP contribution in [0.1, 0.15) is 22.8 Å². The van der Waals surface area contributed by atoms with E-state index in [1.807, 2.05) is 6.92 Å². The minimum Gasteiger partial charge on any atom is -0.453 e. The van der Waals surface area contributed by atoms with Crippen LogP contribution in [-0.2, 0) is 6.42 Å². The Morgan fingerprint density at radius 1 is 1.56 bits per heavy atom. The van der Waals surface area contributed by atoms with Crippen LogP contribution in [0.4, 0.5) is 0 Å². The largest absolute Gasteiger partial charge is 0.453 e. The van der Waals surface area contributed by atoms with Gasteiger partial charge in [-0.3, -0.25) is 4.79 Å². The van der Waals surface area contributed by atoms with E-state index in [9.17, 15) is 4.79 Å². The minimum absolute atomic E-state index is 0.0344. The van der Waals surface area contributed by atoms with Gasteiger partial charge in [0.15, 0.2) is 17.8 Å². The molecule has 0 aliphatic carbocycles. The first-order chi connectivity index (χ1) is 7.63. The molecule has 1 aromatic rings.